The maximum atomic E-state index is 10.4. The van der Waals surface area contributed by atoms with Gasteiger partial charge in [-0.1, -0.05) is 18.2 Å². The number of benzene rings is 1. The van der Waals surface area contributed by atoms with Gasteiger partial charge in [-0.15, -0.1) is 0 Å². The highest BCUT2D eigenvalue weighted by Gasteiger charge is 1.94. The van der Waals surface area contributed by atoms with Crippen LogP contribution in [0.15, 0.2) is 24.3 Å². The van der Waals surface area contributed by atoms with Crippen molar-refractivity contribution in [3.63, 3.8) is 0 Å². The van der Waals surface area contributed by atoms with E-state index in [0.717, 1.165) is 24.9 Å². The Balaban J connectivity index is 2.66. The van der Waals surface area contributed by atoms with Crippen molar-refractivity contribution in [1.82, 2.24) is 0 Å². The van der Waals surface area contributed by atoms with Crippen molar-refractivity contribution in [1.29, 1.82) is 0 Å². The summed E-state index contributed by atoms with van der Waals surface area (Å²) in [5.74, 6) is 0. The second-order valence-electron chi connectivity index (χ2n) is 2.58. The molecule has 0 saturated heterocycles. The third-order valence-electron chi connectivity index (χ3n) is 1.65. The molecule has 0 saturated carbocycles. The Kier molecular flexibility index (Phi) is 3.48. The molecule has 0 heterocycles. The predicted octanol–water partition coefficient (Wildman–Crippen LogP) is 1.97. The summed E-state index contributed by atoms with van der Waals surface area (Å²) in [6.45, 7) is 1.13. The summed E-state index contributed by atoms with van der Waals surface area (Å²) < 4.78 is 0. The first-order valence-electron chi connectivity index (χ1n) is 3.87. The second kappa shape index (κ2) is 4.67. The lowest BCUT2D eigenvalue weighted by Crippen LogP contribution is -1.87. The van der Waals surface area contributed by atoms with E-state index >= 15 is 0 Å². The standard InChI is InChI=1S/C10H11O2/c11-6-2-5-9-3-1-4-10(7-9)8-12/h1,3-4,6-8,11H,2,5H2. The summed E-state index contributed by atoms with van der Waals surface area (Å²) in [4.78, 5) is 10.4. The van der Waals surface area contributed by atoms with Crippen LogP contribution in [0.25, 0.3) is 0 Å². The molecule has 1 N–H and O–H groups in total. The molecule has 0 aliphatic carbocycles. The van der Waals surface area contributed by atoms with Gasteiger partial charge in [-0.3, -0.25) is 4.79 Å². The fourth-order valence-electron chi connectivity index (χ4n) is 1.05. The summed E-state index contributed by atoms with van der Waals surface area (Å²) in [5, 5.41) is 8.46. The van der Waals surface area contributed by atoms with Crippen molar-refractivity contribution in [2.24, 2.45) is 0 Å². The first-order chi connectivity index (χ1) is 5.86. The van der Waals surface area contributed by atoms with Crippen LogP contribution < -0.4 is 0 Å². The Bertz CT molecular complexity index is 256. The van der Waals surface area contributed by atoms with Crippen molar-refractivity contribution in [2.75, 3.05) is 0 Å². The number of hydrogen-bond acceptors (Lipinski definition) is 2. The van der Waals surface area contributed by atoms with Gasteiger partial charge in [0.25, 0.3) is 0 Å². The van der Waals surface area contributed by atoms with Crippen molar-refractivity contribution >= 4 is 6.29 Å². The highest BCUT2D eigenvalue weighted by atomic mass is 16.2. The van der Waals surface area contributed by atoms with Gasteiger partial charge in [0, 0.05) is 5.56 Å². The van der Waals surface area contributed by atoms with Crippen molar-refractivity contribution in [3.8, 4) is 0 Å². The minimum absolute atomic E-state index is 0.627. The van der Waals surface area contributed by atoms with Gasteiger partial charge in [-0.25, -0.2) is 0 Å². The molecule has 1 rings (SSSR count). The molecule has 1 aromatic carbocycles. The predicted molar refractivity (Wildman–Crippen MR) is 46.4 cm³/mol. The quantitative estimate of drug-likeness (QED) is 0.689. The minimum Gasteiger partial charge on any atom is -0.390 e. The van der Waals surface area contributed by atoms with Gasteiger partial charge in [-0.05, 0) is 24.5 Å². The maximum absolute atomic E-state index is 10.4. The molecule has 0 unspecified atom stereocenters. The molecule has 0 amide bonds. The maximum Gasteiger partial charge on any atom is 0.150 e. The van der Waals surface area contributed by atoms with E-state index < -0.39 is 0 Å². The van der Waals surface area contributed by atoms with Gasteiger partial charge < -0.3 is 5.11 Å². The molecule has 0 aromatic heterocycles. The van der Waals surface area contributed by atoms with E-state index in [9.17, 15) is 4.79 Å². The summed E-state index contributed by atoms with van der Waals surface area (Å²) in [6, 6.07) is 7.38. The van der Waals surface area contributed by atoms with Crippen molar-refractivity contribution in [3.05, 3.63) is 42.0 Å². The number of rotatable bonds is 4. The summed E-state index contributed by atoms with van der Waals surface area (Å²) >= 11 is 0. The van der Waals surface area contributed by atoms with Gasteiger partial charge in [0.1, 0.15) is 6.29 Å². The number of aliphatic hydroxyl groups excluding tert-OH is 1. The third-order valence-corrected chi connectivity index (χ3v) is 1.65. The normalized spacial score (nSPS) is 9.75. The Hall–Kier alpha value is -1.15. The Morgan fingerprint density at radius 3 is 2.92 bits per heavy atom. The van der Waals surface area contributed by atoms with Crippen LogP contribution in [0.1, 0.15) is 22.3 Å². The van der Waals surface area contributed by atoms with Crippen LogP contribution in [0.4, 0.5) is 0 Å². The molecule has 0 fully saturated rings. The molecule has 1 aromatic rings. The average molecular weight is 163 g/mol. The van der Waals surface area contributed by atoms with E-state index in [2.05, 4.69) is 0 Å². The zero-order chi connectivity index (χ0) is 8.81. The van der Waals surface area contributed by atoms with Crippen LogP contribution in [-0.4, -0.2) is 11.4 Å². The molecule has 1 radical (unpaired) electrons. The van der Waals surface area contributed by atoms with Gasteiger partial charge in [0.2, 0.25) is 0 Å². The van der Waals surface area contributed by atoms with E-state index in [1.165, 1.54) is 0 Å². The number of aryl methyl sites for hydroxylation is 1. The van der Waals surface area contributed by atoms with Crippen molar-refractivity contribution in [2.45, 2.75) is 12.8 Å². The van der Waals surface area contributed by atoms with Crippen LogP contribution in [-0.2, 0) is 6.42 Å². The van der Waals surface area contributed by atoms with E-state index in [1.54, 1.807) is 6.07 Å². The van der Waals surface area contributed by atoms with E-state index in [0.29, 0.717) is 12.0 Å². The first kappa shape index (κ1) is 8.94. The first-order valence-corrected chi connectivity index (χ1v) is 3.87. The molecular formula is C10H11O2. The molecule has 12 heavy (non-hydrogen) atoms. The molecule has 2 nitrogen and oxygen atoms in total. The fraction of sp³-hybridized carbons (Fsp3) is 0.200. The van der Waals surface area contributed by atoms with E-state index in [-0.39, 0.29) is 0 Å². The molecule has 2 heteroatoms. The van der Waals surface area contributed by atoms with Gasteiger partial charge in [0.05, 0.1) is 6.61 Å². The van der Waals surface area contributed by atoms with E-state index in [1.807, 2.05) is 18.2 Å². The second-order valence-corrected chi connectivity index (χ2v) is 2.58. The van der Waals surface area contributed by atoms with Crippen LogP contribution in [0.3, 0.4) is 0 Å². The molecule has 0 aliphatic rings. The average Bonchev–Trinajstić information content (AvgIpc) is 2.15. The number of carbonyl (C=O) groups excluding carboxylic acids is 1. The SMILES string of the molecule is O=Cc1cccc(CC[CH]O)c1. The molecule has 0 spiro atoms. The van der Waals surface area contributed by atoms with Crippen LogP contribution >= 0.6 is 0 Å². The minimum atomic E-state index is 0.627. The van der Waals surface area contributed by atoms with Crippen molar-refractivity contribution < 1.29 is 9.90 Å². The monoisotopic (exact) mass is 163 g/mol. The number of hydrogen-bond donors (Lipinski definition) is 1. The lowest BCUT2D eigenvalue weighted by molar-refractivity contribution is 0.112. The zero-order valence-electron chi connectivity index (χ0n) is 6.73. The third kappa shape index (κ3) is 2.47. The van der Waals surface area contributed by atoms with Crippen LogP contribution in [0.5, 0.6) is 0 Å². The number of aldehydes is 1. The zero-order valence-corrected chi connectivity index (χ0v) is 6.73. The Morgan fingerprint density at radius 2 is 2.25 bits per heavy atom. The summed E-state index contributed by atoms with van der Waals surface area (Å²) in [5.41, 5.74) is 1.76. The van der Waals surface area contributed by atoms with Gasteiger partial charge in [-0.2, -0.15) is 0 Å². The fourth-order valence-corrected chi connectivity index (χ4v) is 1.05. The van der Waals surface area contributed by atoms with Gasteiger partial charge >= 0.3 is 0 Å². The molecule has 0 bridgehead atoms. The molecule has 0 aliphatic heterocycles. The lowest BCUT2D eigenvalue weighted by atomic mass is 10.1. The smallest absolute Gasteiger partial charge is 0.150 e. The summed E-state index contributed by atoms with van der Waals surface area (Å²) in [6.07, 6.45) is 2.23. The summed E-state index contributed by atoms with van der Waals surface area (Å²) in [7, 11) is 0. The largest absolute Gasteiger partial charge is 0.390 e. The highest BCUT2D eigenvalue weighted by molar-refractivity contribution is 5.74. The number of carbonyl (C=O) groups is 1. The molecule has 63 valence electrons. The Morgan fingerprint density at radius 1 is 1.42 bits per heavy atom. The molecular weight excluding hydrogens is 152 g/mol. The Labute approximate surface area is 71.8 Å². The topological polar surface area (TPSA) is 37.3 Å². The highest BCUT2D eigenvalue weighted by Crippen LogP contribution is 2.06. The van der Waals surface area contributed by atoms with Crippen LogP contribution in [0, 0.1) is 6.61 Å². The van der Waals surface area contributed by atoms with Gasteiger partial charge in [0.15, 0.2) is 0 Å². The molecule has 0 atom stereocenters. The lowest BCUT2D eigenvalue weighted by Gasteiger charge is -1.98. The van der Waals surface area contributed by atoms with E-state index in [4.69, 9.17) is 5.11 Å². The number of aliphatic hydroxyl groups is 1. The van der Waals surface area contributed by atoms with Crippen LogP contribution in [0.2, 0.25) is 0 Å².